The molecule has 0 amide bonds. The molecule has 29 heavy (non-hydrogen) atoms. The van der Waals surface area contributed by atoms with Gasteiger partial charge in [0, 0.05) is 0 Å². The van der Waals surface area contributed by atoms with Crippen molar-refractivity contribution in [3.05, 3.63) is 48.5 Å². The Morgan fingerprint density at radius 2 is 1.38 bits per heavy atom. The summed E-state index contributed by atoms with van der Waals surface area (Å²) < 4.78 is 22.4. The van der Waals surface area contributed by atoms with Crippen molar-refractivity contribution in [2.75, 3.05) is 45.1 Å². The largest absolute Gasteiger partial charge is 0.489 e. The van der Waals surface area contributed by atoms with Crippen LogP contribution in [0.15, 0.2) is 63.9 Å². The van der Waals surface area contributed by atoms with E-state index < -0.39 is 0 Å². The Bertz CT molecular complexity index is 894. The molecule has 9 heteroatoms. The molecule has 0 radical (unpaired) electrons. The summed E-state index contributed by atoms with van der Waals surface area (Å²) in [6, 6.07) is 16.3. The molecule has 1 aliphatic rings. The summed E-state index contributed by atoms with van der Waals surface area (Å²) >= 11 is 0. The van der Waals surface area contributed by atoms with Gasteiger partial charge in [0.15, 0.2) is 0 Å². The fourth-order valence-electron chi connectivity index (χ4n) is 2.37. The number of nitrogens with one attached hydrogen (secondary N) is 1. The number of nitriles is 1. The van der Waals surface area contributed by atoms with E-state index in [1.165, 1.54) is 0 Å². The van der Waals surface area contributed by atoms with Crippen molar-refractivity contribution in [2.45, 2.75) is 0 Å². The number of hydrazone groups is 1. The highest BCUT2D eigenvalue weighted by atomic mass is 16.6. The Morgan fingerprint density at radius 3 is 2.14 bits per heavy atom. The van der Waals surface area contributed by atoms with Crippen molar-refractivity contribution >= 4 is 17.2 Å². The van der Waals surface area contributed by atoms with Crippen LogP contribution in [0.1, 0.15) is 0 Å². The van der Waals surface area contributed by atoms with E-state index in [1.807, 2.05) is 24.3 Å². The Kier molecular flexibility index (Phi) is 7.95. The quantitative estimate of drug-likeness (QED) is 0.731. The second-order valence-electron chi connectivity index (χ2n) is 5.74. The van der Waals surface area contributed by atoms with E-state index in [-0.39, 0.29) is 5.84 Å². The molecule has 1 heterocycles. The highest BCUT2D eigenvalue weighted by molar-refractivity contribution is 5.97. The third-order valence-corrected chi connectivity index (χ3v) is 3.73. The maximum atomic E-state index is 9.30. The van der Waals surface area contributed by atoms with Crippen LogP contribution in [0, 0.1) is 11.3 Å². The number of fused-ring (bicyclic) bond motifs is 2. The molecule has 0 aromatic heterocycles. The lowest BCUT2D eigenvalue weighted by molar-refractivity contribution is 0.0275. The number of ether oxygens (including phenoxy) is 4. The molecule has 0 unspecified atom stereocenters. The molecule has 2 aromatic rings. The molecule has 2 aromatic carbocycles. The molecule has 0 atom stereocenters. The fraction of sp³-hybridized carbons (Fsp3) is 0.300. The summed E-state index contributed by atoms with van der Waals surface area (Å²) in [6.07, 6.45) is 0. The lowest BCUT2D eigenvalue weighted by atomic mass is 10.3. The molecule has 0 spiro atoms. The van der Waals surface area contributed by atoms with Crippen LogP contribution in [0.4, 0.5) is 11.4 Å². The summed E-state index contributed by atoms with van der Waals surface area (Å²) in [5.41, 5.74) is 3.88. The first-order chi connectivity index (χ1) is 14.4. The number of azo groups is 1. The number of nitrogens with zero attached hydrogens (tertiary/aromatic N) is 4. The average Bonchev–Trinajstić information content (AvgIpc) is 2.76. The minimum Gasteiger partial charge on any atom is -0.489 e. The highest BCUT2D eigenvalue weighted by Gasteiger charge is 2.05. The van der Waals surface area contributed by atoms with Crippen LogP contribution in [-0.4, -0.2) is 45.5 Å². The summed E-state index contributed by atoms with van der Waals surface area (Å²) in [7, 11) is 0. The van der Waals surface area contributed by atoms with Crippen molar-refractivity contribution in [3.63, 3.8) is 0 Å². The number of anilines is 1. The third kappa shape index (κ3) is 6.57. The van der Waals surface area contributed by atoms with Gasteiger partial charge in [-0.25, -0.2) is 0 Å². The van der Waals surface area contributed by atoms with Crippen LogP contribution < -0.4 is 14.9 Å². The number of hydrogen-bond donors (Lipinski definition) is 1. The zero-order chi connectivity index (χ0) is 20.2. The van der Waals surface area contributed by atoms with E-state index in [9.17, 15) is 5.26 Å². The number of rotatable bonds is 0. The number of hydrogen-bond acceptors (Lipinski definition) is 9. The van der Waals surface area contributed by atoms with Gasteiger partial charge >= 0.3 is 0 Å². The molecule has 1 N–H and O–H groups in total. The maximum Gasteiger partial charge on any atom is 0.270 e. The van der Waals surface area contributed by atoms with Crippen molar-refractivity contribution in [1.29, 1.82) is 5.26 Å². The minimum atomic E-state index is -0.140. The van der Waals surface area contributed by atoms with Crippen LogP contribution in [0.3, 0.4) is 0 Å². The number of benzene rings is 2. The lowest BCUT2D eigenvalue weighted by Gasteiger charge is -2.11. The first-order valence-corrected chi connectivity index (χ1v) is 9.11. The molecule has 0 aliphatic carbocycles. The van der Waals surface area contributed by atoms with Gasteiger partial charge in [-0.3, -0.25) is 5.43 Å². The van der Waals surface area contributed by atoms with E-state index in [0.29, 0.717) is 62.5 Å². The van der Waals surface area contributed by atoms with Crippen molar-refractivity contribution in [3.8, 4) is 17.6 Å². The van der Waals surface area contributed by atoms with Crippen LogP contribution in [0.5, 0.6) is 11.5 Å². The van der Waals surface area contributed by atoms with E-state index in [2.05, 4.69) is 20.8 Å². The van der Waals surface area contributed by atoms with Gasteiger partial charge in [-0.1, -0.05) is 24.3 Å². The first-order valence-electron chi connectivity index (χ1n) is 9.11. The van der Waals surface area contributed by atoms with Gasteiger partial charge in [0.1, 0.15) is 36.5 Å². The van der Waals surface area contributed by atoms with Gasteiger partial charge in [0.2, 0.25) is 0 Å². The molecule has 150 valence electrons. The second kappa shape index (κ2) is 11.4. The second-order valence-corrected chi connectivity index (χ2v) is 5.74. The Labute approximate surface area is 168 Å². The Hall–Kier alpha value is -3.48. The number of para-hydroxylation sites is 3. The number of amidine groups is 1. The van der Waals surface area contributed by atoms with E-state index in [0.717, 1.165) is 0 Å². The maximum absolute atomic E-state index is 9.30. The zero-order valence-electron chi connectivity index (χ0n) is 15.8. The molecule has 0 bridgehead atoms. The molecule has 0 saturated heterocycles. The monoisotopic (exact) mass is 395 g/mol. The molecule has 0 fully saturated rings. The van der Waals surface area contributed by atoms with Gasteiger partial charge in [-0.05, 0) is 24.3 Å². The molecular formula is C20H21N5O4. The lowest BCUT2D eigenvalue weighted by Crippen LogP contribution is -2.13. The topological polar surface area (TPSA) is 110 Å². The Balaban J connectivity index is 1.80. The molecule has 9 nitrogen and oxygen atoms in total. The van der Waals surface area contributed by atoms with E-state index >= 15 is 0 Å². The predicted octanol–water partition coefficient (Wildman–Crippen LogP) is 3.52. The summed E-state index contributed by atoms with van der Waals surface area (Å²) in [5, 5.41) is 21.3. The molecule has 3 rings (SSSR count). The third-order valence-electron chi connectivity index (χ3n) is 3.73. The molecule has 0 saturated carbocycles. The normalized spacial score (nSPS) is 17.8. The van der Waals surface area contributed by atoms with Crippen molar-refractivity contribution in [1.82, 2.24) is 0 Å². The van der Waals surface area contributed by atoms with Gasteiger partial charge in [-0.2, -0.15) is 5.26 Å². The average molecular weight is 395 g/mol. The summed E-state index contributed by atoms with van der Waals surface area (Å²) in [6.45, 7) is 2.47. The predicted molar refractivity (Wildman–Crippen MR) is 107 cm³/mol. The van der Waals surface area contributed by atoms with Crippen LogP contribution in [0.2, 0.25) is 0 Å². The summed E-state index contributed by atoms with van der Waals surface area (Å²) in [5.74, 6) is 0.985. The van der Waals surface area contributed by atoms with Crippen LogP contribution >= 0.6 is 0 Å². The summed E-state index contributed by atoms with van der Waals surface area (Å²) in [4.78, 5) is 0. The fourth-order valence-corrected chi connectivity index (χ4v) is 2.37. The Morgan fingerprint density at radius 1 is 0.759 bits per heavy atom. The SMILES string of the molecule is N#C/C1=N/Nc2ccccc2OCCOCCOCCOc2ccccc2N=N1. The minimum absolute atomic E-state index is 0.140. The smallest absolute Gasteiger partial charge is 0.270 e. The standard InChI is InChI=1S/C20H21N5O4/c21-15-20-24-22-16-5-1-3-7-18(16)28-13-11-26-9-10-27-12-14-29-19-8-4-2-6-17(19)23-25-20/h1-8,22H,9-14H2/b24-20-,25-23?. The van der Waals surface area contributed by atoms with Crippen LogP contribution in [0.25, 0.3) is 0 Å². The zero-order valence-corrected chi connectivity index (χ0v) is 15.8. The molecule has 1 aliphatic heterocycles. The van der Waals surface area contributed by atoms with Crippen molar-refractivity contribution in [2.24, 2.45) is 15.3 Å². The highest BCUT2D eigenvalue weighted by Crippen LogP contribution is 2.27. The molecular weight excluding hydrogens is 374 g/mol. The van der Waals surface area contributed by atoms with Crippen LogP contribution in [-0.2, 0) is 9.47 Å². The van der Waals surface area contributed by atoms with Crippen molar-refractivity contribution < 1.29 is 18.9 Å². The first kappa shape index (κ1) is 20.3. The van der Waals surface area contributed by atoms with Gasteiger partial charge in [0.25, 0.3) is 5.84 Å². The van der Waals surface area contributed by atoms with Gasteiger partial charge in [-0.15, -0.1) is 15.3 Å². The van der Waals surface area contributed by atoms with E-state index in [1.54, 1.807) is 30.3 Å². The van der Waals surface area contributed by atoms with Gasteiger partial charge in [0.05, 0.1) is 32.1 Å². The van der Waals surface area contributed by atoms with Gasteiger partial charge < -0.3 is 18.9 Å². The van der Waals surface area contributed by atoms with E-state index in [4.69, 9.17) is 18.9 Å².